The molecule has 0 saturated heterocycles. The number of pyridine rings is 1. The van der Waals surface area contributed by atoms with Crippen LogP contribution in [0.4, 0.5) is 5.82 Å². The third-order valence-electron chi connectivity index (χ3n) is 4.33. The number of methoxy groups -OCH3 is 1. The first-order valence-electron chi connectivity index (χ1n) is 7.71. The van der Waals surface area contributed by atoms with Crippen LogP contribution in [-0.4, -0.2) is 32.2 Å². The summed E-state index contributed by atoms with van der Waals surface area (Å²) in [7, 11) is 1.52. The number of nitrogens with zero attached hydrogens (tertiary/aromatic N) is 4. The van der Waals surface area contributed by atoms with Gasteiger partial charge in [-0.05, 0) is 30.7 Å². The summed E-state index contributed by atoms with van der Waals surface area (Å²) in [5.41, 5.74) is 14.7. The summed E-state index contributed by atoms with van der Waals surface area (Å²) in [6, 6.07) is 7.11. The van der Waals surface area contributed by atoms with Crippen LogP contribution in [0, 0.1) is 6.92 Å². The highest BCUT2D eigenvalue weighted by molar-refractivity contribution is 6.34. The van der Waals surface area contributed by atoms with Crippen molar-refractivity contribution in [3.05, 3.63) is 46.7 Å². The second-order valence-corrected chi connectivity index (χ2v) is 6.19. The number of primary amides is 1. The molecule has 0 aliphatic carbocycles. The number of ether oxygens (including phenoxy) is 1. The van der Waals surface area contributed by atoms with Gasteiger partial charge in [-0.2, -0.15) is 9.61 Å². The van der Waals surface area contributed by atoms with E-state index in [1.807, 2.05) is 13.0 Å². The highest BCUT2D eigenvalue weighted by Gasteiger charge is 2.25. The zero-order chi connectivity index (χ0) is 18.6. The molecule has 0 saturated carbocycles. The largest absolute Gasteiger partial charge is 0.495 e. The van der Waals surface area contributed by atoms with Crippen LogP contribution >= 0.6 is 11.6 Å². The second-order valence-electron chi connectivity index (χ2n) is 5.81. The zero-order valence-corrected chi connectivity index (χ0v) is 14.8. The van der Waals surface area contributed by atoms with Gasteiger partial charge in [-0.15, -0.1) is 0 Å². The molecule has 0 spiro atoms. The number of nitrogen functional groups attached to an aromatic ring is 1. The van der Waals surface area contributed by atoms with Gasteiger partial charge >= 0.3 is 0 Å². The number of hydrogen-bond acceptors (Lipinski definition) is 5. The minimum Gasteiger partial charge on any atom is -0.495 e. The molecule has 9 heteroatoms. The van der Waals surface area contributed by atoms with E-state index in [-0.39, 0.29) is 11.4 Å². The predicted octanol–water partition coefficient (Wildman–Crippen LogP) is 2.32. The first kappa shape index (κ1) is 16.2. The minimum absolute atomic E-state index is 0.171. The number of hydrogen-bond donors (Lipinski definition) is 2. The Kier molecular flexibility index (Phi) is 3.52. The predicted molar refractivity (Wildman–Crippen MR) is 99.0 cm³/mol. The first-order valence-corrected chi connectivity index (χ1v) is 8.09. The molecular weight excluding hydrogens is 356 g/mol. The molecule has 0 unspecified atom stereocenters. The molecule has 0 bridgehead atoms. The van der Waals surface area contributed by atoms with Crippen molar-refractivity contribution in [2.24, 2.45) is 5.73 Å². The molecule has 4 N–H and O–H groups in total. The minimum atomic E-state index is -0.635. The van der Waals surface area contributed by atoms with Crippen LogP contribution in [0.15, 0.2) is 30.6 Å². The van der Waals surface area contributed by atoms with Crippen molar-refractivity contribution in [2.75, 3.05) is 12.8 Å². The molecule has 0 radical (unpaired) electrons. The third kappa shape index (κ3) is 2.05. The molecule has 0 atom stereocenters. The maximum absolute atomic E-state index is 12.1. The lowest BCUT2D eigenvalue weighted by Crippen LogP contribution is -2.13. The van der Waals surface area contributed by atoms with Crippen molar-refractivity contribution in [1.29, 1.82) is 0 Å². The van der Waals surface area contributed by atoms with Crippen LogP contribution in [0.2, 0.25) is 5.02 Å². The fraction of sp³-hybridized carbons (Fsp3) is 0.118. The Hall–Kier alpha value is -3.26. The van der Waals surface area contributed by atoms with Crippen LogP contribution in [-0.2, 0) is 0 Å². The number of carbonyl (C=O) groups is 1. The molecule has 132 valence electrons. The normalized spacial score (nSPS) is 11.3. The van der Waals surface area contributed by atoms with Gasteiger partial charge in [-0.3, -0.25) is 9.36 Å². The average molecular weight is 371 g/mol. The fourth-order valence-electron chi connectivity index (χ4n) is 3.22. The molecule has 3 aromatic heterocycles. The van der Waals surface area contributed by atoms with Crippen molar-refractivity contribution < 1.29 is 9.53 Å². The van der Waals surface area contributed by atoms with Crippen LogP contribution in [0.1, 0.15) is 15.9 Å². The van der Waals surface area contributed by atoms with Crippen molar-refractivity contribution in [3.8, 4) is 11.4 Å². The summed E-state index contributed by atoms with van der Waals surface area (Å²) in [5.74, 6) is 0.0159. The van der Waals surface area contributed by atoms with Gasteiger partial charge in [-0.1, -0.05) is 17.7 Å². The molecule has 1 aromatic carbocycles. The zero-order valence-electron chi connectivity index (χ0n) is 14.0. The number of rotatable bonds is 3. The number of aryl methyl sites for hydroxylation is 1. The van der Waals surface area contributed by atoms with Crippen LogP contribution in [0.5, 0.6) is 5.75 Å². The number of halogens is 1. The first-order chi connectivity index (χ1) is 12.5. The lowest BCUT2D eigenvalue weighted by atomic mass is 10.1. The van der Waals surface area contributed by atoms with Crippen LogP contribution < -0.4 is 16.2 Å². The molecule has 4 aromatic rings. The summed E-state index contributed by atoms with van der Waals surface area (Å²) < 4.78 is 8.55. The Labute approximate surface area is 152 Å². The van der Waals surface area contributed by atoms with Crippen molar-refractivity contribution in [3.63, 3.8) is 0 Å². The molecule has 4 rings (SSSR count). The van der Waals surface area contributed by atoms with E-state index in [2.05, 4.69) is 10.1 Å². The van der Waals surface area contributed by atoms with Gasteiger partial charge in [0, 0.05) is 5.39 Å². The molecule has 3 heterocycles. The molecule has 8 nitrogen and oxygen atoms in total. The van der Waals surface area contributed by atoms with Gasteiger partial charge in [0.05, 0.1) is 18.4 Å². The smallest absolute Gasteiger partial charge is 0.253 e. The van der Waals surface area contributed by atoms with E-state index >= 15 is 0 Å². The highest BCUT2D eigenvalue weighted by Crippen LogP contribution is 2.38. The summed E-state index contributed by atoms with van der Waals surface area (Å²) in [6.45, 7) is 1.88. The Morgan fingerprint density at radius 2 is 2.12 bits per heavy atom. The number of amides is 1. The van der Waals surface area contributed by atoms with E-state index in [0.717, 1.165) is 5.56 Å². The summed E-state index contributed by atoms with van der Waals surface area (Å²) in [4.78, 5) is 16.4. The van der Waals surface area contributed by atoms with E-state index in [9.17, 15) is 4.79 Å². The number of nitrogens with two attached hydrogens (primary N) is 2. The van der Waals surface area contributed by atoms with E-state index < -0.39 is 5.91 Å². The van der Waals surface area contributed by atoms with E-state index in [1.165, 1.54) is 13.4 Å². The Bertz CT molecular complexity index is 1190. The van der Waals surface area contributed by atoms with Gasteiger partial charge in [-0.25, -0.2) is 4.98 Å². The maximum Gasteiger partial charge on any atom is 0.253 e. The standard InChI is InChI=1S/C17H15ClN6O2/c1-8-6-9-12(15(20)25)14(19)23(17(9)24-16(8)21-7-22-24)10-4-3-5-11(26-2)13(10)18/h3-7H,19H2,1-2H3,(H2,20,25). The molecular formula is C17H15ClN6O2. The monoisotopic (exact) mass is 370 g/mol. The summed E-state index contributed by atoms with van der Waals surface area (Å²) >= 11 is 6.50. The number of aromatic nitrogens is 4. The van der Waals surface area contributed by atoms with Crippen molar-refractivity contribution >= 4 is 40.0 Å². The van der Waals surface area contributed by atoms with Crippen molar-refractivity contribution in [1.82, 2.24) is 19.2 Å². The molecule has 0 aliphatic heterocycles. The van der Waals surface area contributed by atoms with E-state index in [1.54, 1.807) is 27.3 Å². The Morgan fingerprint density at radius 1 is 1.35 bits per heavy atom. The lowest BCUT2D eigenvalue weighted by Gasteiger charge is -2.13. The van der Waals surface area contributed by atoms with Crippen LogP contribution in [0.25, 0.3) is 22.4 Å². The molecule has 1 amide bonds. The molecule has 0 aliphatic rings. The molecule has 26 heavy (non-hydrogen) atoms. The molecule has 0 fully saturated rings. The summed E-state index contributed by atoms with van der Waals surface area (Å²) in [6.07, 6.45) is 1.44. The van der Waals surface area contributed by atoms with E-state index in [0.29, 0.717) is 33.1 Å². The average Bonchev–Trinajstić information content (AvgIpc) is 3.18. The Morgan fingerprint density at radius 3 is 2.81 bits per heavy atom. The number of anilines is 1. The topological polar surface area (TPSA) is 113 Å². The van der Waals surface area contributed by atoms with Gasteiger partial charge in [0.1, 0.15) is 22.9 Å². The van der Waals surface area contributed by atoms with Gasteiger partial charge in [0.2, 0.25) is 0 Å². The Balaban J connectivity index is 2.25. The van der Waals surface area contributed by atoms with Gasteiger partial charge < -0.3 is 16.2 Å². The maximum atomic E-state index is 12.1. The van der Waals surface area contributed by atoms with Gasteiger partial charge in [0.15, 0.2) is 11.3 Å². The van der Waals surface area contributed by atoms with Crippen molar-refractivity contribution in [2.45, 2.75) is 6.92 Å². The van der Waals surface area contributed by atoms with Gasteiger partial charge in [0.25, 0.3) is 5.91 Å². The number of fused-ring (bicyclic) bond motifs is 3. The lowest BCUT2D eigenvalue weighted by molar-refractivity contribution is 0.100. The number of benzene rings is 1. The second kappa shape index (κ2) is 5.63. The third-order valence-corrected chi connectivity index (χ3v) is 4.71. The fourth-order valence-corrected chi connectivity index (χ4v) is 3.51. The number of carbonyl (C=O) groups excluding carboxylic acids is 1. The SMILES string of the molecule is COc1cccc(-n2c(N)c(C(N)=O)c3cc(C)c4ncnn4c32)c1Cl. The summed E-state index contributed by atoms with van der Waals surface area (Å²) in [5, 5.41) is 5.21. The quantitative estimate of drug-likeness (QED) is 0.574. The van der Waals surface area contributed by atoms with Crippen LogP contribution in [0.3, 0.4) is 0 Å². The van der Waals surface area contributed by atoms with E-state index in [4.69, 9.17) is 27.8 Å². The highest BCUT2D eigenvalue weighted by atomic mass is 35.5.